The number of hydrogen-bond acceptors (Lipinski definition) is 8. The van der Waals surface area contributed by atoms with Gasteiger partial charge in [0.25, 0.3) is 0 Å². The number of aliphatic hydroxyl groups is 2. The number of amides is 2. The van der Waals surface area contributed by atoms with Crippen LogP contribution in [0.1, 0.15) is 52.7 Å². The number of aromatic hydroxyl groups is 1. The number of nitrogens with one attached hydrogen (secondary N) is 3. The molecule has 0 saturated carbocycles. The third kappa shape index (κ3) is 13.1. The Morgan fingerprint density at radius 1 is 0.700 bits per heavy atom. The standard InChI is InChI=1S/C30H45N3O7/c1-29(2,3)39-27(37)32-23(16-20-10-8-7-9-11-20)25(35)18-31-19-26(36)24(33-28(38)40-30(4,5)6)17-21-12-14-22(34)15-13-21/h7-15,23-26,31,34-36H,16-19H2,1-6H3,(H,32,37)(H,33,38)/t23-,24-,25+,26+/m1/s1. The molecule has 0 aliphatic carbocycles. The third-order valence-corrected chi connectivity index (χ3v) is 5.73. The second kappa shape index (κ2) is 14.9. The molecular formula is C30H45N3O7. The van der Waals surface area contributed by atoms with Crippen molar-refractivity contribution in [1.82, 2.24) is 16.0 Å². The van der Waals surface area contributed by atoms with Gasteiger partial charge in [0.15, 0.2) is 0 Å². The number of alkyl carbamates (subject to hydrolysis) is 2. The van der Waals surface area contributed by atoms with Gasteiger partial charge in [0.1, 0.15) is 17.0 Å². The predicted molar refractivity (Wildman–Crippen MR) is 153 cm³/mol. The van der Waals surface area contributed by atoms with Crippen LogP contribution >= 0.6 is 0 Å². The molecule has 6 N–H and O–H groups in total. The molecule has 0 fully saturated rings. The van der Waals surface area contributed by atoms with Crippen LogP contribution in [0, 0.1) is 0 Å². The molecule has 0 heterocycles. The smallest absolute Gasteiger partial charge is 0.407 e. The van der Waals surface area contributed by atoms with Gasteiger partial charge in [-0.1, -0.05) is 42.5 Å². The lowest BCUT2D eigenvalue weighted by Gasteiger charge is -2.29. The molecule has 4 atom stereocenters. The Labute approximate surface area is 237 Å². The van der Waals surface area contributed by atoms with Gasteiger partial charge in [-0.05, 0) is 77.6 Å². The van der Waals surface area contributed by atoms with Crippen LogP contribution in [0.3, 0.4) is 0 Å². The summed E-state index contributed by atoms with van der Waals surface area (Å²) in [7, 11) is 0. The van der Waals surface area contributed by atoms with Gasteiger partial charge in [-0.3, -0.25) is 0 Å². The number of ether oxygens (including phenoxy) is 2. The summed E-state index contributed by atoms with van der Waals surface area (Å²) in [5.74, 6) is 0.113. The number of rotatable bonds is 12. The van der Waals surface area contributed by atoms with E-state index in [1.807, 2.05) is 30.3 Å². The third-order valence-electron chi connectivity index (χ3n) is 5.73. The molecule has 2 aromatic carbocycles. The van der Waals surface area contributed by atoms with E-state index < -0.39 is 47.7 Å². The van der Waals surface area contributed by atoms with Crippen molar-refractivity contribution < 1.29 is 34.4 Å². The number of carbonyl (C=O) groups excluding carboxylic acids is 2. The molecule has 2 rings (SSSR count). The van der Waals surface area contributed by atoms with Crippen LogP contribution < -0.4 is 16.0 Å². The van der Waals surface area contributed by atoms with Gasteiger partial charge in [-0.2, -0.15) is 0 Å². The summed E-state index contributed by atoms with van der Waals surface area (Å²) in [6, 6.07) is 14.6. The first kappa shape index (κ1) is 32.9. The zero-order valence-corrected chi connectivity index (χ0v) is 24.3. The van der Waals surface area contributed by atoms with Crippen LogP contribution in [0.2, 0.25) is 0 Å². The fourth-order valence-corrected chi connectivity index (χ4v) is 3.90. The summed E-state index contributed by atoms with van der Waals surface area (Å²) in [6.45, 7) is 10.6. The number of hydrogen-bond donors (Lipinski definition) is 6. The van der Waals surface area contributed by atoms with E-state index in [1.165, 1.54) is 12.1 Å². The second-order valence-corrected chi connectivity index (χ2v) is 11.9. The van der Waals surface area contributed by atoms with E-state index in [4.69, 9.17) is 9.47 Å². The molecule has 0 unspecified atom stereocenters. The van der Waals surface area contributed by atoms with Crippen LogP contribution in [0.15, 0.2) is 54.6 Å². The van der Waals surface area contributed by atoms with E-state index in [0.29, 0.717) is 6.42 Å². The Balaban J connectivity index is 2.05. The van der Waals surface area contributed by atoms with Crippen LogP contribution in [-0.2, 0) is 22.3 Å². The van der Waals surface area contributed by atoms with Crippen molar-refractivity contribution in [2.75, 3.05) is 13.1 Å². The minimum atomic E-state index is -1.04. The molecule has 0 spiro atoms. The predicted octanol–water partition coefficient (Wildman–Crippen LogP) is 3.28. The fraction of sp³-hybridized carbons (Fsp3) is 0.533. The summed E-state index contributed by atoms with van der Waals surface area (Å²) in [6.07, 6.45) is -2.70. The first-order chi connectivity index (χ1) is 18.6. The summed E-state index contributed by atoms with van der Waals surface area (Å²) < 4.78 is 10.7. The summed E-state index contributed by atoms with van der Waals surface area (Å²) in [4.78, 5) is 24.9. The normalized spacial score (nSPS) is 14.9. The van der Waals surface area contributed by atoms with Gasteiger partial charge in [0.2, 0.25) is 0 Å². The molecule has 40 heavy (non-hydrogen) atoms. The van der Waals surface area contributed by atoms with Gasteiger partial charge >= 0.3 is 12.2 Å². The van der Waals surface area contributed by atoms with Crippen molar-refractivity contribution in [2.24, 2.45) is 0 Å². The van der Waals surface area contributed by atoms with Gasteiger partial charge in [-0.15, -0.1) is 0 Å². The first-order valence-corrected chi connectivity index (χ1v) is 13.5. The van der Waals surface area contributed by atoms with Crippen molar-refractivity contribution in [3.05, 3.63) is 65.7 Å². The average molecular weight is 560 g/mol. The number of benzene rings is 2. The Hall–Kier alpha value is -3.34. The zero-order valence-electron chi connectivity index (χ0n) is 24.3. The SMILES string of the molecule is CC(C)(C)OC(=O)N[C@H](Cc1ccccc1)[C@@H](O)CNC[C@H](O)[C@@H](Cc1ccc(O)cc1)NC(=O)OC(C)(C)C. The molecule has 2 aromatic rings. The maximum atomic E-state index is 12.5. The van der Waals surface area contributed by atoms with E-state index in [-0.39, 0.29) is 25.3 Å². The number of phenols is 1. The maximum absolute atomic E-state index is 12.5. The molecule has 10 heteroatoms. The molecule has 0 radical (unpaired) electrons. The number of aliphatic hydroxyl groups excluding tert-OH is 2. The van der Waals surface area contributed by atoms with Crippen LogP contribution in [0.4, 0.5) is 9.59 Å². The van der Waals surface area contributed by atoms with Crippen molar-refractivity contribution in [1.29, 1.82) is 0 Å². The molecule has 0 aliphatic rings. The van der Waals surface area contributed by atoms with E-state index in [9.17, 15) is 24.9 Å². The molecule has 0 aliphatic heterocycles. The lowest BCUT2D eigenvalue weighted by atomic mass is 10.00. The van der Waals surface area contributed by atoms with Crippen molar-refractivity contribution in [3.8, 4) is 5.75 Å². The van der Waals surface area contributed by atoms with Crippen molar-refractivity contribution >= 4 is 12.2 Å². The molecule has 0 bridgehead atoms. The van der Waals surface area contributed by atoms with Crippen LogP contribution in [0.5, 0.6) is 5.75 Å². The number of phenolic OH excluding ortho intramolecular Hbond substituents is 1. The highest BCUT2D eigenvalue weighted by Crippen LogP contribution is 2.14. The monoisotopic (exact) mass is 559 g/mol. The minimum absolute atomic E-state index is 0.0418. The quantitative estimate of drug-likeness (QED) is 0.232. The van der Waals surface area contributed by atoms with Gasteiger partial charge in [-0.25, -0.2) is 9.59 Å². The average Bonchev–Trinajstić information content (AvgIpc) is 2.82. The molecular weight excluding hydrogens is 514 g/mol. The van der Waals surface area contributed by atoms with Crippen molar-refractivity contribution in [3.63, 3.8) is 0 Å². The maximum Gasteiger partial charge on any atom is 0.407 e. The van der Waals surface area contributed by atoms with Crippen molar-refractivity contribution in [2.45, 2.75) is 89.9 Å². The highest BCUT2D eigenvalue weighted by atomic mass is 16.6. The van der Waals surface area contributed by atoms with E-state index in [0.717, 1.165) is 11.1 Å². The lowest BCUT2D eigenvalue weighted by Crippen LogP contribution is -2.53. The van der Waals surface area contributed by atoms with Crippen LogP contribution in [0.25, 0.3) is 0 Å². The Kier molecular flexibility index (Phi) is 12.2. The summed E-state index contributed by atoms with van der Waals surface area (Å²) in [5, 5.41) is 40.1. The largest absolute Gasteiger partial charge is 0.508 e. The minimum Gasteiger partial charge on any atom is -0.508 e. The molecule has 10 nitrogen and oxygen atoms in total. The fourth-order valence-electron chi connectivity index (χ4n) is 3.90. The second-order valence-electron chi connectivity index (χ2n) is 11.9. The molecule has 0 saturated heterocycles. The van der Waals surface area contributed by atoms with E-state index in [1.54, 1.807) is 53.7 Å². The van der Waals surface area contributed by atoms with E-state index in [2.05, 4.69) is 16.0 Å². The molecule has 2 amide bonds. The summed E-state index contributed by atoms with van der Waals surface area (Å²) in [5.41, 5.74) is 0.318. The first-order valence-electron chi connectivity index (χ1n) is 13.5. The number of carbonyl (C=O) groups is 2. The van der Waals surface area contributed by atoms with E-state index >= 15 is 0 Å². The molecule has 0 aromatic heterocycles. The van der Waals surface area contributed by atoms with Gasteiger partial charge in [0, 0.05) is 13.1 Å². The highest BCUT2D eigenvalue weighted by Gasteiger charge is 2.27. The van der Waals surface area contributed by atoms with Gasteiger partial charge < -0.3 is 40.7 Å². The Bertz CT molecular complexity index is 1050. The topological polar surface area (TPSA) is 149 Å². The Morgan fingerprint density at radius 2 is 1.10 bits per heavy atom. The Morgan fingerprint density at radius 3 is 1.50 bits per heavy atom. The molecule has 222 valence electrons. The zero-order chi connectivity index (χ0) is 29.9. The van der Waals surface area contributed by atoms with Gasteiger partial charge in [0.05, 0.1) is 24.3 Å². The summed E-state index contributed by atoms with van der Waals surface area (Å²) >= 11 is 0. The lowest BCUT2D eigenvalue weighted by molar-refractivity contribution is 0.0399. The highest BCUT2D eigenvalue weighted by molar-refractivity contribution is 5.68. The van der Waals surface area contributed by atoms with Crippen LogP contribution in [-0.4, -0.2) is 76.1 Å².